The Morgan fingerprint density at radius 1 is 0.718 bits per heavy atom. The van der Waals surface area contributed by atoms with Crippen LogP contribution in [0.3, 0.4) is 0 Å². The lowest BCUT2D eigenvalue weighted by atomic mass is 9.92. The molecule has 0 spiro atoms. The molecule has 4 aromatic carbocycles. The van der Waals surface area contributed by atoms with Crippen LogP contribution in [0.15, 0.2) is 110 Å². The van der Waals surface area contributed by atoms with Gasteiger partial charge >= 0.3 is 0 Å². The Morgan fingerprint density at radius 2 is 1.41 bits per heavy atom. The summed E-state index contributed by atoms with van der Waals surface area (Å²) in [6.07, 6.45) is 5.87. The topological polar surface area (TPSA) is 44.9 Å². The molecule has 0 aliphatic rings. The Hall–Kier alpha value is -4.90. The summed E-state index contributed by atoms with van der Waals surface area (Å²) in [5.74, 6) is 2.39. The lowest BCUT2D eigenvalue weighted by molar-refractivity contribution is 0.482. The number of nitrogens with zero attached hydrogens (tertiary/aromatic N) is 4. The van der Waals surface area contributed by atoms with Gasteiger partial charge in [0.25, 0.3) is 0 Å². The van der Waals surface area contributed by atoms with Gasteiger partial charge in [0, 0.05) is 48.4 Å². The third-order valence-electron chi connectivity index (χ3n) is 6.94. The molecule has 2 heterocycles. The van der Waals surface area contributed by atoms with Crippen LogP contribution in [0.25, 0.3) is 39.5 Å². The highest BCUT2D eigenvalue weighted by molar-refractivity contribution is 5.84. The van der Waals surface area contributed by atoms with Gasteiger partial charge in [-0.15, -0.1) is 0 Å². The van der Waals surface area contributed by atoms with E-state index in [2.05, 4.69) is 74.4 Å². The van der Waals surface area contributed by atoms with Crippen molar-refractivity contribution in [3.8, 4) is 51.0 Å². The van der Waals surface area contributed by atoms with Gasteiger partial charge in [0.2, 0.25) is 0 Å². The van der Waals surface area contributed by atoms with Crippen molar-refractivity contribution in [2.24, 2.45) is 7.05 Å². The smallest absolute Gasteiger partial charge is 0.139 e. The lowest BCUT2D eigenvalue weighted by Gasteiger charge is -2.11. The molecule has 0 saturated carbocycles. The van der Waals surface area contributed by atoms with Gasteiger partial charge in [-0.05, 0) is 61.7 Å². The average Bonchev–Trinajstić information content (AvgIpc) is 3.56. The molecule has 0 aliphatic carbocycles. The highest BCUT2D eigenvalue weighted by atomic mass is 16.5. The van der Waals surface area contributed by atoms with E-state index < -0.39 is 0 Å². The Labute approximate surface area is 229 Å². The van der Waals surface area contributed by atoms with E-state index in [1.165, 1.54) is 22.3 Å². The zero-order valence-corrected chi connectivity index (χ0v) is 22.6. The second-order valence-electron chi connectivity index (χ2n) is 9.96. The fourth-order valence-corrected chi connectivity index (χ4v) is 5.27. The Morgan fingerprint density at radius 3 is 2.13 bits per heavy atom. The van der Waals surface area contributed by atoms with Gasteiger partial charge in [-0.2, -0.15) is 5.10 Å². The SMILES string of the molecule is Cc1cc(C)c(-c2cn(-c3cccc(Oc4cccc(-c5nccn5C)c4)c3)nc2-c2ccccc2)c(C)c1. The Balaban J connectivity index is 1.39. The molecule has 0 fully saturated rings. The summed E-state index contributed by atoms with van der Waals surface area (Å²) in [6.45, 7) is 6.49. The van der Waals surface area contributed by atoms with Crippen molar-refractivity contribution >= 4 is 0 Å². The van der Waals surface area contributed by atoms with Crippen LogP contribution in [0.4, 0.5) is 0 Å². The van der Waals surface area contributed by atoms with Crippen LogP contribution in [-0.2, 0) is 7.05 Å². The quantitative estimate of drug-likeness (QED) is 0.226. The van der Waals surface area contributed by atoms with Crippen LogP contribution in [0.1, 0.15) is 16.7 Å². The van der Waals surface area contributed by atoms with Gasteiger partial charge in [-0.3, -0.25) is 0 Å². The third kappa shape index (κ3) is 4.87. The molecule has 0 unspecified atom stereocenters. The van der Waals surface area contributed by atoms with Gasteiger partial charge < -0.3 is 9.30 Å². The maximum atomic E-state index is 6.30. The van der Waals surface area contributed by atoms with Crippen molar-refractivity contribution in [2.45, 2.75) is 20.8 Å². The minimum atomic E-state index is 0.741. The number of hydrogen-bond donors (Lipinski definition) is 0. The van der Waals surface area contributed by atoms with Crippen LogP contribution >= 0.6 is 0 Å². The average molecular weight is 511 g/mol. The first kappa shape index (κ1) is 24.4. The largest absolute Gasteiger partial charge is 0.457 e. The molecule has 0 amide bonds. The van der Waals surface area contributed by atoms with Gasteiger partial charge in [-0.25, -0.2) is 9.67 Å². The summed E-state index contributed by atoms with van der Waals surface area (Å²) in [6, 6.07) is 30.9. The van der Waals surface area contributed by atoms with Crippen LogP contribution in [0, 0.1) is 20.8 Å². The highest BCUT2D eigenvalue weighted by Crippen LogP contribution is 2.37. The molecule has 192 valence electrons. The number of benzene rings is 4. The van der Waals surface area contributed by atoms with Crippen molar-refractivity contribution < 1.29 is 4.74 Å². The van der Waals surface area contributed by atoms with Crippen molar-refractivity contribution in [1.29, 1.82) is 0 Å². The molecule has 2 aromatic heterocycles. The van der Waals surface area contributed by atoms with E-state index in [0.29, 0.717) is 0 Å². The fraction of sp³-hybridized carbons (Fsp3) is 0.118. The van der Waals surface area contributed by atoms with E-state index >= 15 is 0 Å². The molecule has 5 heteroatoms. The normalized spacial score (nSPS) is 11.1. The number of aryl methyl sites for hydroxylation is 4. The van der Waals surface area contributed by atoms with Crippen LogP contribution in [-0.4, -0.2) is 19.3 Å². The maximum Gasteiger partial charge on any atom is 0.139 e. The number of hydrogen-bond acceptors (Lipinski definition) is 3. The number of imidazole rings is 1. The van der Waals surface area contributed by atoms with Gasteiger partial charge in [0.1, 0.15) is 23.0 Å². The highest BCUT2D eigenvalue weighted by Gasteiger charge is 2.18. The third-order valence-corrected chi connectivity index (χ3v) is 6.94. The van der Waals surface area contributed by atoms with Crippen molar-refractivity contribution in [2.75, 3.05) is 0 Å². The molecule has 0 bridgehead atoms. The predicted octanol–water partition coefficient (Wildman–Crippen LogP) is 8.32. The van der Waals surface area contributed by atoms with Crippen LogP contribution < -0.4 is 4.74 Å². The lowest BCUT2D eigenvalue weighted by Crippen LogP contribution is -1.96. The molecule has 6 rings (SSSR count). The summed E-state index contributed by atoms with van der Waals surface area (Å²) < 4.78 is 10.2. The second kappa shape index (κ2) is 10.1. The van der Waals surface area contributed by atoms with E-state index in [4.69, 9.17) is 9.84 Å². The van der Waals surface area contributed by atoms with E-state index in [-0.39, 0.29) is 0 Å². The van der Waals surface area contributed by atoms with E-state index in [1.807, 2.05) is 71.0 Å². The zero-order chi connectivity index (χ0) is 26.9. The van der Waals surface area contributed by atoms with Gasteiger partial charge in [-0.1, -0.05) is 66.2 Å². The summed E-state index contributed by atoms with van der Waals surface area (Å²) >= 11 is 0. The van der Waals surface area contributed by atoms with Crippen LogP contribution in [0.5, 0.6) is 11.5 Å². The van der Waals surface area contributed by atoms with E-state index in [1.54, 1.807) is 6.20 Å². The molecular weight excluding hydrogens is 480 g/mol. The monoisotopic (exact) mass is 510 g/mol. The van der Waals surface area contributed by atoms with Crippen molar-refractivity contribution in [3.63, 3.8) is 0 Å². The summed E-state index contributed by atoms with van der Waals surface area (Å²) in [5, 5.41) is 5.09. The van der Waals surface area contributed by atoms with Gasteiger partial charge in [0.05, 0.1) is 5.69 Å². The van der Waals surface area contributed by atoms with E-state index in [9.17, 15) is 0 Å². The first-order valence-electron chi connectivity index (χ1n) is 13.1. The molecular formula is C34H30N4O. The maximum absolute atomic E-state index is 6.30. The molecule has 5 nitrogen and oxygen atoms in total. The van der Waals surface area contributed by atoms with Crippen molar-refractivity contribution in [3.05, 3.63) is 126 Å². The molecule has 0 N–H and O–H groups in total. The second-order valence-corrected chi connectivity index (χ2v) is 9.96. The summed E-state index contributed by atoms with van der Waals surface area (Å²) in [7, 11) is 1.99. The summed E-state index contributed by atoms with van der Waals surface area (Å²) in [5.41, 5.74) is 10.1. The standard InChI is InChI=1S/C34H30N4O/c1-23-18-24(2)32(25(3)19-23)31-22-38(36-33(31)26-10-6-5-7-11-26)28-13-9-15-30(21-28)39-29-14-8-12-27(20-29)34-35-16-17-37(34)4/h5-22H,1-4H3. The first-order chi connectivity index (χ1) is 19.0. The van der Waals surface area contributed by atoms with Gasteiger partial charge in [0.15, 0.2) is 0 Å². The zero-order valence-electron chi connectivity index (χ0n) is 22.6. The number of ether oxygens (including phenoxy) is 1. The molecule has 0 atom stereocenters. The molecule has 6 aromatic rings. The van der Waals surface area contributed by atoms with Crippen LogP contribution in [0.2, 0.25) is 0 Å². The fourth-order valence-electron chi connectivity index (χ4n) is 5.27. The first-order valence-corrected chi connectivity index (χ1v) is 13.1. The summed E-state index contributed by atoms with van der Waals surface area (Å²) in [4.78, 5) is 4.46. The van der Waals surface area contributed by atoms with E-state index in [0.717, 1.165) is 45.4 Å². The minimum absolute atomic E-state index is 0.741. The Kier molecular flexibility index (Phi) is 6.33. The molecule has 0 aliphatic heterocycles. The molecule has 0 saturated heterocycles. The minimum Gasteiger partial charge on any atom is -0.457 e. The molecule has 0 radical (unpaired) electrons. The number of aromatic nitrogens is 4. The Bertz CT molecular complexity index is 1760. The van der Waals surface area contributed by atoms with Crippen molar-refractivity contribution in [1.82, 2.24) is 19.3 Å². The molecule has 39 heavy (non-hydrogen) atoms. The predicted molar refractivity (Wildman–Crippen MR) is 157 cm³/mol. The number of rotatable bonds is 6.